The van der Waals surface area contributed by atoms with E-state index in [1.165, 1.54) is 12.1 Å². The number of hydrogen-bond acceptors (Lipinski definition) is 2. The van der Waals surface area contributed by atoms with Crippen molar-refractivity contribution < 1.29 is 9.18 Å². The number of amides is 1. The van der Waals surface area contributed by atoms with Crippen molar-refractivity contribution in [3.8, 4) is 0 Å². The van der Waals surface area contributed by atoms with Crippen LogP contribution in [0.1, 0.15) is 21.5 Å². The highest BCUT2D eigenvalue weighted by Crippen LogP contribution is 2.15. The van der Waals surface area contributed by atoms with Gasteiger partial charge in [0.2, 0.25) is 0 Å². The molecule has 108 valence electrons. The minimum absolute atomic E-state index is 0.0120. The zero-order valence-corrected chi connectivity index (χ0v) is 13.3. The molecule has 3 nitrogen and oxygen atoms in total. The first-order chi connectivity index (χ1) is 9.97. The van der Waals surface area contributed by atoms with Crippen molar-refractivity contribution in [3.63, 3.8) is 0 Å². The maximum absolute atomic E-state index is 13.6. The molecule has 0 bridgehead atoms. The minimum atomic E-state index is -0.564. The monoisotopic (exact) mass is 366 g/mol. The number of hydrogen-bond donors (Lipinski definition) is 2. The van der Waals surface area contributed by atoms with Crippen LogP contribution in [0.2, 0.25) is 0 Å². The highest BCUT2D eigenvalue weighted by atomic mass is 79.9. The van der Waals surface area contributed by atoms with Gasteiger partial charge in [0.1, 0.15) is 10.8 Å². The Hall–Kier alpha value is -1.79. The molecule has 0 spiro atoms. The van der Waals surface area contributed by atoms with E-state index in [2.05, 4.69) is 21.2 Å². The topological polar surface area (TPSA) is 55.1 Å². The van der Waals surface area contributed by atoms with E-state index in [-0.39, 0.29) is 5.56 Å². The van der Waals surface area contributed by atoms with E-state index in [1.54, 1.807) is 18.2 Å². The summed E-state index contributed by atoms with van der Waals surface area (Å²) in [6.45, 7) is 0.298. The van der Waals surface area contributed by atoms with Gasteiger partial charge in [0, 0.05) is 16.6 Å². The Morgan fingerprint density at radius 1 is 1.24 bits per heavy atom. The molecule has 0 heterocycles. The van der Waals surface area contributed by atoms with Gasteiger partial charge in [-0.25, -0.2) is 4.39 Å². The molecular weight excluding hydrogens is 355 g/mol. The van der Waals surface area contributed by atoms with Crippen molar-refractivity contribution in [1.29, 1.82) is 0 Å². The second-order valence-electron chi connectivity index (χ2n) is 4.37. The smallest absolute Gasteiger partial charge is 0.254 e. The van der Waals surface area contributed by atoms with Crippen LogP contribution in [0.5, 0.6) is 0 Å². The van der Waals surface area contributed by atoms with Crippen molar-refractivity contribution >= 4 is 39.0 Å². The minimum Gasteiger partial charge on any atom is -0.389 e. The Bertz CT molecular complexity index is 689. The summed E-state index contributed by atoms with van der Waals surface area (Å²) in [6.07, 6.45) is 0. The van der Waals surface area contributed by atoms with Gasteiger partial charge < -0.3 is 11.1 Å². The van der Waals surface area contributed by atoms with E-state index >= 15 is 0 Å². The van der Waals surface area contributed by atoms with Crippen LogP contribution in [0.4, 0.5) is 4.39 Å². The Morgan fingerprint density at radius 2 is 1.90 bits per heavy atom. The number of carbonyl (C=O) groups excluding carboxylic acids is 1. The molecule has 2 rings (SSSR count). The van der Waals surface area contributed by atoms with Crippen LogP contribution in [-0.2, 0) is 6.54 Å². The van der Waals surface area contributed by atoms with Gasteiger partial charge >= 0.3 is 0 Å². The predicted molar refractivity (Wildman–Crippen MR) is 87.6 cm³/mol. The number of thiocarbonyl (C=S) groups is 1. The predicted octanol–water partition coefficient (Wildman–Crippen LogP) is 3.15. The fraction of sp³-hybridized carbons (Fsp3) is 0.0667. The zero-order chi connectivity index (χ0) is 15.4. The number of rotatable bonds is 4. The highest BCUT2D eigenvalue weighted by Gasteiger charge is 2.11. The van der Waals surface area contributed by atoms with Gasteiger partial charge in [-0.05, 0) is 23.8 Å². The number of nitrogens with two attached hydrogens (primary N) is 1. The highest BCUT2D eigenvalue weighted by molar-refractivity contribution is 9.10. The summed E-state index contributed by atoms with van der Waals surface area (Å²) in [6, 6.07) is 11.5. The molecule has 2 aromatic carbocycles. The Kier molecular flexibility index (Phi) is 5.03. The summed E-state index contributed by atoms with van der Waals surface area (Å²) in [5.74, 6) is -1.02. The zero-order valence-electron chi connectivity index (χ0n) is 10.9. The molecule has 2 aromatic rings. The lowest BCUT2D eigenvalue weighted by Crippen LogP contribution is -2.23. The van der Waals surface area contributed by atoms with E-state index in [4.69, 9.17) is 18.0 Å². The summed E-state index contributed by atoms with van der Waals surface area (Å²) >= 11 is 8.01. The molecule has 0 atom stereocenters. The number of benzene rings is 2. The third kappa shape index (κ3) is 4.09. The molecule has 0 radical (unpaired) electrons. The molecule has 0 aliphatic rings. The molecule has 3 N–H and O–H groups in total. The van der Waals surface area contributed by atoms with E-state index in [0.717, 1.165) is 11.1 Å². The third-order valence-corrected chi connectivity index (χ3v) is 3.60. The van der Waals surface area contributed by atoms with Crippen molar-refractivity contribution in [2.24, 2.45) is 5.73 Å². The van der Waals surface area contributed by atoms with E-state index in [0.29, 0.717) is 16.0 Å². The lowest BCUT2D eigenvalue weighted by atomic mass is 10.1. The summed E-state index contributed by atoms with van der Waals surface area (Å²) in [5.41, 5.74) is 7.16. The summed E-state index contributed by atoms with van der Waals surface area (Å²) in [7, 11) is 0. The average Bonchev–Trinajstić information content (AvgIpc) is 2.45. The quantitative estimate of drug-likeness (QED) is 0.817. The summed E-state index contributed by atoms with van der Waals surface area (Å²) < 4.78 is 14.2. The van der Waals surface area contributed by atoms with Gasteiger partial charge in [-0.3, -0.25) is 4.79 Å². The molecule has 21 heavy (non-hydrogen) atoms. The number of carbonyl (C=O) groups is 1. The van der Waals surface area contributed by atoms with Crippen LogP contribution in [0.25, 0.3) is 0 Å². The largest absolute Gasteiger partial charge is 0.389 e. The molecule has 0 saturated carbocycles. The van der Waals surface area contributed by atoms with Crippen LogP contribution in [0, 0.1) is 5.82 Å². The normalized spacial score (nSPS) is 10.2. The van der Waals surface area contributed by atoms with E-state index in [1.807, 2.05) is 12.1 Å². The molecule has 1 amide bonds. The van der Waals surface area contributed by atoms with Crippen LogP contribution in [0.15, 0.2) is 46.9 Å². The van der Waals surface area contributed by atoms with Gasteiger partial charge in [0.15, 0.2) is 0 Å². The molecule has 6 heteroatoms. The maximum atomic E-state index is 13.6. The Balaban J connectivity index is 2.02. The molecule has 0 aliphatic heterocycles. The van der Waals surface area contributed by atoms with Crippen molar-refractivity contribution in [2.75, 3.05) is 0 Å². The van der Waals surface area contributed by atoms with Gasteiger partial charge in [-0.1, -0.05) is 52.4 Å². The van der Waals surface area contributed by atoms with Crippen LogP contribution in [0.3, 0.4) is 0 Å². The molecule has 0 unspecified atom stereocenters. The van der Waals surface area contributed by atoms with Gasteiger partial charge in [-0.15, -0.1) is 0 Å². The second kappa shape index (κ2) is 6.78. The lowest BCUT2D eigenvalue weighted by molar-refractivity contribution is 0.0947. The fourth-order valence-corrected chi connectivity index (χ4v) is 2.21. The van der Waals surface area contributed by atoms with Gasteiger partial charge in [-0.2, -0.15) is 0 Å². The lowest BCUT2D eigenvalue weighted by Gasteiger charge is -2.07. The molecule has 0 saturated heterocycles. The SMILES string of the molecule is NC(=S)c1ccc(CNC(=O)c2ccc(Br)cc2F)cc1. The first-order valence-corrected chi connectivity index (χ1v) is 7.29. The first-order valence-electron chi connectivity index (χ1n) is 6.09. The van der Waals surface area contributed by atoms with Gasteiger partial charge in [0.05, 0.1) is 5.56 Å². The molecule has 0 fully saturated rings. The summed E-state index contributed by atoms with van der Waals surface area (Å²) in [4.78, 5) is 12.2. The Labute approximate surface area is 135 Å². The van der Waals surface area contributed by atoms with E-state index in [9.17, 15) is 9.18 Å². The molecule has 0 aliphatic carbocycles. The van der Waals surface area contributed by atoms with E-state index < -0.39 is 11.7 Å². The number of halogens is 2. The average molecular weight is 367 g/mol. The molecule has 0 aromatic heterocycles. The molecular formula is C15H12BrFN2OS. The van der Waals surface area contributed by atoms with Crippen molar-refractivity contribution in [1.82, 2.24) is 5.32 Å². The summed E-state index contributed by atoms with van der Waals surface area (Å²) in [5, 5.41) is 2.67. The maximum Gasteiger partial charge on any atom is 0.254 e. The van der Waals surface area contributed by atoms with Crippen LogP contribution >= 0.6 is 28.1 Å². The van der Waals surface area contributed by atoms with Crippen LogP contribution < -0.4 is 11.1 Å². The number of nitrogens with one attached hydrogen (secondary N) is 1. The first kappa shape index (κ1) is 15.6. The van der Waals surface area contributed by atoms with Crippen molar-refractivity contribution in [3.05, 3.63) is 69.4 Å². The Morgan fingerprint density at radius 3 is 2.48 bits per heavy atom. The van der Waals surface area contributed by atoms with Gasteiger partial charge in [0.25, 0.3) is 5.91 Å². The van der Waals surface area contributed by atoms with Crippen molar-refractivity contribution in [2.45, 2.75) is 6.54 Å². The standard InChI is InChI=1S/C15H12BrFN2OS/c16-11-5-6-12(13(17)7-11)15(20)19-8-9-1-3-10(4-2-9)14(18)21/h1-7H,8H2,(H2,18,21)(H,19,20). The fourth-order valence-electron chi connectivity index (χ4n) is 1.74. The second-order valence-corrected chi connectivity index (χ2v) is 5.72. The third-order valence-electron chi connectivity index (χ3n) is 2.87. The van der Waals surface area contributed by atoms with Crippen LogP contribution in [-0.4, -0.2) is 10.9 Å².